The average molecular weight is 473 g/mol. The molecule has 0 amide bonds. The Morgan fingerprint density at radius 3 is 2.84 bits per heavy atom. The third-order valence-corrected chi connectivity index (χ3v) is 4.63. The van der Waals surface area contributed by atoms with Crippen LogP contribution in [0.3, 0.4) is 0 Å². The number of hydrogen-bond donors (Lipinski definition) is 2. The number of halogens is 1. The van der Waals surface area contributed by atoms with Gasteiger partial charge in [0.15, 0.2) is 17.5 Å². The molecule has 2 heterocycles. The second-order valence-electron chi connectivity index (χ2n) is 5.45. The van der Waals surface area contributed by atoms with Crippen molar-refractivity contribution in [2.24, 2.45) is 4.99 Å². The van der Waals surface area contributed by atoms with Crippen LogP contribution in [-0.4, -0.2) is 32.4 Å². The van der Waals surface area contributed by atoms with Crippen LogP contribution in [0.1, 0.15) is 17.4 Å². The maximum absolute atomic E-state index is 5.42. The lowest BCUT2D eigenvalue weighted by molar-refractivity contribution is 0.174. The Kier molecular flexibility index (Phi) is 8.33. The number of nitrogens with one attached hydrogen (secondary N) is 2. The van der Waals surface area contributed by atoms with Gasteiger partial charge < -0.3 is 20.1 Å². The average Bonchev–Trinajstić information content (AvgIpc) is 3.25. The van der Waals surface area contributed by atoms with Gasteiger partial charge in [-0.25, -0.2) is 0 Å². The fourth-order valence-corrected chi connectivity index (χ4v) is 3.19. The summed E-state index contributed by atoms with van der Waals surface area (Å²) in [5, 5.41) is 8.78. The summed E-state index contributed by atoms with van der Waals surface area (Å²) in [6, 6.07) is 10.3. The molecule has 0 saturated heterocycles. The van der Waals surface area contributed by atoms with Gasteiger partial charge >= 0.3 is 0 Å². The van der Waals surface area contributed by atoms with E-state index in [-0.39, 0.29) is 24.0 Å². The summed E-state index contributed by atoms with van der Waals surface area (Å²) in [4.78, 5) is 6.00. The molecule has 1 aromatic heterocycles. The van der Waals surface area contributed by atoms with Gasteiger partial charge in [-0.2, -0.15) is 0 Å². The summed E-state index contributed by atoms with van der Waals surface area (Å²) < 4.78 is 10.8. The largest absolute Gasteiger partial charge is 0.454 e. The highest BCUT2D eigenvalue weighted by atomic mass is 127. The van der Waals surface area contributed by atoms with Crippen molar-refractivity contribution in [2.75, 3.05) is 26.4 Å². The number of ether oxygens (including phenoxy) is 2. The summed E-state index contributed by atoms with van der Waals surface area (Å²) in [5.74, 6) is 2.54. The molecule has 25 heavy (non-hydrogen) atoms. The summed E-state index contributed by atoms with van der Waals surface area (Å²) in [5.41, 5.74) is 1.22. The molecule has 7 heteroatoms. The highest BCUT2D eigenvalue weighted by Gasteiger charge is 2.12. The fraction of sp³-hybridized carbons (Fsp3) is 0.389. The number of benzene rings is 1. The van der Waals surface area contributed by atoms with Gasteiger partial charge in [-0.3, -0.25) is 4.99 Å². The minimum atomic E-state index is 0. The number of hydrogen-bond acceptors (Lipinski definition) is 4. The molecule has 0 saturated carbocycles. The van der Waals surface area contributed by atoms with Gasteiger partial charge in [0.2, 0.25) is 6.79 Å². The van der Waals surface area contributed by atoms with E-state index in [2.05, 4.69) is 46.1 Å². The topological polar surface area (TPSA) is 54.9 Å². The first kappa shape index (κ1) is 19.8. The molecule has 0 fully saturated rings. The standard InChI is InChI=1S/C18H23N3O2S.HI/c1-2-19-18(21-10-8-15-4-3-11-24-15)20-9-7-14-5-6-16-17(12-14)23-13-22-16;/h3-6,11-12H,2,7-10,13H2,1H3,(H2,19,20,21);1H. The van der Waals surface area contributed by atoms with E-state index in [1.165, 1.54) is 10.4 Å². The number of fused-ring (bicyclic) bond motifs is 1. The van der Waals surface area contributed by atoms with Crippen molar-refractivity contribution in [3.05, 3.63) is 46.2 Å². The SMILES string of the molecule is CCNC(=NCCc1cccs1)NCCc1ccc2c(c1)OCO2.I. The molecule has 0 bridgehead atoms. The maximum atomic E-state index is 5.42. The molecule has 0 atom stereocenters. The van der Waals surface area contributed by atoms with Crippen LogP contribution in [0.2, 0.25) is 0 Å². The lowest BCUT2D eigenvalue weighted by Gasteiger charge is -2.11. The molecule has 136 valence electrons. The van der Waals surface area contributed by atoms with E-state index < -0.39 is 0 Å². The molecular formula is C18H24IN3O2S. The van der Waals surface area contributed by atoms with Gasteiger partial charge in [0.25, 0.3) is 0 Å². The third kappa shape index (κ3) is 6.07. The lowest BCUT2D eigenvalue weighted by atomic mass is 10.1. The quantitative estimate of drug-likeness (QED) is 0.368. The number of nitrogens with zero attached hydrogens (tertiary/aromatic N) is 1. The molecule has 5 nitrogen and oxygen atoms in total. The molecule has 2 N–H and O–H groups in total. The first-order valence-electron chi connectivity index (χ1n) is 8.28. The van der Waals surface area contributed by atoms with Crippen molar-refractivity contribution >= 4 is 41.3 Å². The maximum Gasteiger partial charge on any atom is 0.231 e. The molecule has 2 aromatic rings. The minimum Gasteiger partial charge on any atom is -0.454 e. The van der Waals surface area contributed by atoms with E-state index in [1.807, 2.05) is 12.1 Å². The summed E-state index contributed by atoms with van der Waals surface area (Å²) in [6.07, 6.45) is 1.89. The van der Waals surface area contributed by atoms with Gasteiger partial charge in [0, 0.05) is 30.9 Å². The Bertz CT molecular complexity index is 677. The molecule has 0 spiro atoms. The molecule has 1 aliphatic rings. The van der Waals surface area contributed by atoms with Crippen LogP contribution >= 0.6 is 35.3 Å². The second kappa shape index (κ2) is 10.5. The monoisotopic (exact) mass is 473 g/mol. The van der Waals surface area contributed by atoms with Crippen LogP contribution in [0.4, 0.5) is 0 Å². The molecular weight excluding hydrogens is 449 g/mol. The zero-order valence-electron chi connectivity index (χ0n) is 14.3. The highest BCUT2D eigenvalue weighted by molar-refractivity contribution is 14.0. The van der Waals surface area contributed by atoms with Crippen molar-refractivity contribution in [3.63, 3.8) is 0 Å². The van der Waals surface area contributed by atoms with Crippen molar-refractivity contribution in [1.82, 2.24) is 10.6 Å². The van der Waals surface area contributed by atoms with E-state index in [1.54, 1.807) is 11.3 Å². The first-order chi connectivity index (χ1) is 11.8. The van der Waals surface area contributed by atoms with Crippen LogP contribution in [0.25, 0.3) is 0 Å². The first-order valence-corrected chi connectivity index (χ1v) is 9.16. The molecule has 0 radical (unpaired) electrons. The zero-order chi connectivity index (χ0) is 16.6. The Morgan fingerprint density at radius 1 is 1.16 bits per heavy atom. The molecule has 3 rings (SSSR count). The van der Waals surface area contributed by atoms with Gasteiger partial charge in [-0.1, -0.05) is 12.1 Å². The minimum absolute atomic E-state index is 0. The van der Waals surface area contributed by atoms with Crippen LogP contribution < -0.4 is 20.1 Å². The Hall–Kier alpha value is -1.48. The van der Waals surface area contributed by atoms with E-state index in [0.29, 0.717) is 6.79 Å². The predicted octanol–water partition coefficient (Wildman–Crippen LogP) is 3.44. The summed E-state index contributed by atoms with van der Waals surface area (Å²) >= 11 is 1.78. The van der Waals surface area contributed by atoms with Crippen LogP contribution in [-0.2, 0) is 12.8 Å². The van der Waals surface area contributed by atoms with Crippen molar-refractivity contribution in [1.29, 1.82) is 0 Å². The van der Waals surface area contributed by atoms with Crippen LogP contribution in [0, 0.1) is 0 Å². The zero-order valence-corrected chi connectivity index (χ0v) is 17.4. The van der Waals surface area contributed by atoms with Crippen molar-refractivity contribution in [3.8, 4) is 11.5 Å². The smallest absolute Gasteiger partial charge is 0.231 e. The number of guanidine groups is 1. The third-order valence-electron chi connectivity index (χ3n) is 3.70. The van der Waals surface area contributed by atoms with E-state index >= 15 is 0 Å². The van der Waals surface area contributed by atoms with Gasteiger partial charge in [-0.05, 0) is 42.5 Å². The van der Waals surface area contributed by atoms with E-state index in [9.17, 15) is 0 Å². The van der Waals surface area contributed by atoms with Crippen molar-refractivity contribution in [2.45, 2.75) is 19.8 Å². The normalized spacial score (nSPS) is 12.6. The highest BCUT2D eigenvalue weighted by Crippen LogP contribution is 2.32. The Balaban J connectivity index is 0.00000225. The summed E-state index contributed by atoms with van der Waals surface area (Å²) in [7, 11) is 0. The second-order valence-corrected chi connectivity index (χ2v) is 6.49. The number of aliphatic imine (C=N–C) groups is 1. The van der Waals surface area contributed by atoms with Gasteiger partial charge in [0.1, 0.15) is 0 Å². The van der Waals surface area contributed by atoms with Crippen LogP contribution in [0.5, 0.6) is 11.5 Å². The Labute approximate surface area is 169 Å². The fourth-order valence-electron chi connectivity index (χ4n) is 2.50. The van der Waals surface area contributed by atoms with E-state index in [4.69, 9.17) is 9.47 Å². The number of rotatable bonds is 7. The summed E-state index contributed by atoms with van der Waals surface area (Å²) in [6.45, 7) is 4.87. The van der Waals surface area contributed by atoms with Crippen molar-refractivity contribution < 1.29 is 9.47 Å². The van der Waals surface area contributed by atoms with Gasteiger partial charge in [0.05, 0.1) is 0 Å². The lowest BCUT2D eigenvalue weighted by Crippen LogP contribution is -2.38. The number of thiophene rings is 1. The predicted molar refractivity (Wildman–Crippen MR) is 114 cm³/mol. The molecule has 0 unspecified atom stereocenters. The molecule has 1 aromatic carbocycles. The molecule has 0 aliphatic carbocycles. The van der Waals surface area contributed by atoms with Crippen LogP contribution in [0.15, 0.2) is 40.7 Å². The Morgan fingerprint density at radius 2 is 2.04 bits per heavy atom. The molecule has 1 aliphatic heterocycles. The van der Waals surface area contributed by atoms with E-state index in [0.717, 1.165) is 49.9 Å². The van der Waals surface area contributed by atoms with Gasteiger partial charge in [-0.15, -0.1) is 35.3 Å².